The van der Waals surface area contributed by atoms with Crippen molar-refractivity contribution in [1.82, 2.24) is 4.31 Å². The molecule has 1 saturated carbocycles. The average Bonchev–Trinajstić information content (AvgIpc) is 2.00. The summed E-state index contributed by atoms with van der Waals surface area (Å²) in [7, 11) is -3.03. The van der Waals surface area contributed by atoms with Gasteiger partial charge in [-0.05, 0) is 19.8 Å². The number of nitrogens with zero attached hydrogens (tertiary/aromatic N) is 1. The lowest BCUT2D eigenvalue weighted by atomic mass is 9.93. The zero-order valence-electron chi connectivity index (χ0n) is 7.87. The topological polar surface area (TPSA) is 37.4 Å². The van der Waals surface area contributed by atoms with Gasteiger partial charge in [0, 0.05) is 18.5 Å². The van der Waals surface area contributed by atoms with Crippen LogP contribution in [0.5, 0.6) is 0 Å². The van der Waals surface area contributed by atoms with Crippen molar-refractivity contribution in [2.24, 2.45) is 0 Å². The molecular formula is C8H16ClNO2S. The van der Waals surface area contributed by atoms with Crippen LogP contribution in [-0.2, 0) is 10.0 Å². The first-order valence-corrected chi connectivity index (χ1v) is 6.81. The highest BCUT2D eigenvalue weighted by atomic mass is 35.5. The maximum atomic E-state index is 11.6. The van der Waals surface area contributed by atoms with Crippen molar-refractivity contribution < 1.29 is 8.42 Å². The second-order valence-electron chi connectivity index (χ2n) is 3.28. The van der Waals surface area contributed by atoms with Crippen LogP contribution in [0.3, 0.4) is 0 Å². The minimum atomic E-state index is -3.03. The lowest BCUT2D eigenvalue weighted by Crippen LogP contribution is -2.45. The van der Waals surface area contributed by atoms with Gasteiger partial charge in [0.15, 0.2) is 0 Å². The van der Waals surface area contributed by atoms with Gasteiger partial charge in [0.2, 0.25) is 10.0 Å². The largest absolute Gasteiger partial charge is 0.214 e. The Kier molecular flexibility index (Phi) is 4.01. The molecule has 0 aromatic heterocycles. The average molecular weight is 226 g/mol. The van der Waals surface area contributed by atoms with Gasteiger partial charge in [0.25, 0.3) is 0 Å². The molecule has 0 aliphatic heterocycles. The van der Waals surface area contributed by atoms with E-state index in [1.807, 2.05) is 0 Å². The van der Waals surface area contributed by atoms with Crippen LogP contribution in [0.25, 0.3) is 0 Å². The fourth-order valence-corrected chi connectivity index (χ4v) is 3.12. The number of alkyl halides is 1. The molecular weight excluding hydrogens is 210 g/mol. The van der Waals surface area contributed by atoms with E-state index < -0.39 is 10.0 Å². The highest BCUT2D eigenvalue weighted by Gasteiger charge is 2.31. The monoisotopic (exact) mass is 225 g/mol. The summed E-state index contributed by atoms with van der Waals surface area (Å²) in [5, 5.41) is 0. The van der Waals surface area contributed by atoms with E-state index in [0.29, 0.717) is 12.4 Å². The Morgan fingerprint density at radius 2 is 2.08 bits per heavy atom. The maximum Gasteiger partial charge on any atom is 0.214 e. The molecule has 0 saturated heterocycles. The molecule has 0 spiro atoms. The maximum absolute atomic E-state index is 11.6. The molecule has 0 atom stereocenters. The fraction of sp³-hybridized carbons (Fsp3) is 1.00. The van der Waals surface area contributed by atoms with E-state index in [1.54, 1.807) is 11.2 Å². The standard InChI is InChI=1S/C8H16ClNO2S/c1-2-13(11,12)10(7-6-9)8-4-3-5-8/h8H,2-7H2,1H3. The summed E-state index contributed by atoms with van der Waals surface area (Å²) in [6.07, 6.45) is 3.13. The first kappa shape index (κ1) is 11.3. The lowest BCUT2D eigenvalue weighted by molar-refractivity contribution is 0.228. The van der Waals surface area contributed by atoms with Crippen LogP contribution < -0.4 is 0 Å². The molecule has 5 heteroatoms. The second kappa shape index (κ2) is 4.62. The van der Waals surface area contributed by atoms with Crippen molar-refractivity contribution >= 4 is 21.6 Å². The summed E-state index contributed by atoms with van der Waals surface area (Å²) >= 11 is 5.58. The van der Waals surface area contributed by atoms with E-state index in [4.69, 9.17) is 11.6 Å². The zero-order chi connectivity index (χ0) is 9.90. The molecule has 0 aromatic rings. The van der Waals surface area contributed by atoms with Gasteiger partial charge in [0.1, 0.15) is 0 Å². The van der Waals surface area contributed by atoms with Gasteiger partial charge in [-0.2, -0.15) is 4.31 Å². The molecule has 13 heavy (non-hydrogen) atoms. The highest BCUT2D eigenvalue weighted by molar-refractivity contribution is 7.89. The number of halogens is 1. The van der Waals surface area contributed by atoms with Gasteiger partial charge in [-0.25, -0.2) is 8.42 Å². The summed E-state index contributed by atoms with van der Waals surface area (Å²) in [6, 6.07) is 0.226. The molecule has 0 heterocycles. The number of rotatable bonds is 5. The molecule has 0 amide bonds. The molecule has 3 nitrogen and oxygen atoms in total. The molecule has 0 unspecified atom stereocenters. The van der Waals surface area contributed by atoms with Gasteiger partial charge in [0.05, 0.1) is 5.75 Å². The summed E-state index contributed by atoms with van der Waals surface area (Å²) in [5.41, 5.74) is 0. The summed E-state index contributed by atoms with van der Waals surface area (Å²) in [5.74, 6) is 0.566. The molecule has 0 bridgehead atoms. The molecule has 78 valence electrons. The van der Waals surface area contributed by atoms with Gasteiger partial charge in [-0.15, -0.1) is 11.6 Å². The second-order valence-corrected chi connectivity index (χ2v) is 5.87. The summed E-state index contributed by atoms with van der Waals surface area (Å²) in [6.45, 7) is 2.14. The Bertz CT molecular complexity index is 249. The van der Waals surface area contributed by atoms with E-state index in [9.17, 15) is 8.42 Å². The quantitative estimate of drug-likeness (QED) is 0.664. The molecule has 1 rings (SSSR count). The molecule has 0 radical (unpaired) electrons. The van der Waals surface area contributed by atoms with Gasteiger partial charge < -0.3 is 0 Å². The van der Waals surface area contributed by atoms with E-state index in [2.05, 4.69) is 0 Å². The Morgan fingerprint density at radius 1 is 1.46 bits per heavy atom. The van der Waals surface area contributed by atoms with Crippen LogP contribution in [0.4, 0.5) is 0 Å². The number of hydrogen-bond acceptors (Lipinski definition) is 2. The Balaban J connectivity index is 2.66. The fourth-order valence-electron chi connectivity index (χ4n) is 1.47. The SMILES string of the molecule is CCS(=O)(=O)N(CCCl)C1CCC1. The molecule has 1 aliphatic rings. The van der Waals surface area contributed by atoms with Crippen LogP contribution >= 0.6 is 11.6 Å². The minimum absolute atomic E-state index is 0.181. The Morgan fingerprint density at radius 3 is 2.38 bits per heavy atom. The normalized spacial score (nSPS) is 19.0. The first-order valence-electron chi connectivity index (χ1n) is 4.67. The van der Waals surface area contributed by atoms with Crippen LogP contribution in [0.1, 0.15) is 26.2 Å². The predicted octanol–water partition coefficient (Wildman–Crippen LogP) is 1.43. The van der Waals surface area contributed by atoms with Crippen molar-refractivity contribution in [3.8, 4) is 0 Å². The number of hydrogen-bond donors (Lipinski definition) is 0. The van der Waals surface area contributed by atoms with Crippen LogP contribution in [0.2, 0.25) is 0 Å². The lowest BCUT2D eigenvalue weighted by Gasteiger charge is -2.35. The van der Waals surface area contributed by atoms with E-state index in [1.165, 1.54) is 0 Å². The minimum Gasteiger partial charge on any atom is -0.212 e. The first-order chi connectivity index (χ1) is 6.11. The predicted molar refractivity (Wildman–Crippen MR) is 54.5 cm³/mol. The van der Waals surface area contributed by atoms with Crippen molar-refractivity contribution in [1.29, 1.82) is 0 Å². The van der Waals surface area contributed by atoms with Crippen LogP contribution in [-0.4, -0.2) is 36.9 Å². The van der Waals surface area contributed by atoms with Crippen molar-refractivity contribution in [3.63, 3.8) is 0 Å². The third-order valence-corrected chi connectivity index (χ3v) is 4.60. The Labute approximate surface area is 85.1 Å². The number of sulfonamides is 1. The summed E-state index contributed by atoms with van der Waals surface area (Å²) < 4.78 is 24.8. The van der Waals surface area contributed by atoms with E-state index in [0.717, 1.165) is 19.3 Å². The molecule has 0 N–H and O–H groups in total. The molecule has 0 aromatic carbocycles. The van der Waals surface area contributed by atoms with Crippen molar-refractivity contribution in [2.75, 3.05) is 18.2 Å². The molecule has 1 fully saturated rings. The van der Waals surface area contributed by atoms with Gasteiger partial charge in [-0.1, -0.05) is 6.42 Å². The van der Waals surface area contributed by atoms with Crippen molar-refractivity contribution in [3.05, 3.63) is 0 Å². The van der Waals surface area contributed by atoms with Crippen molar-refractivity contribution in [2.45, 2.75) is 32.2 Å². The van der Waals surface area contributed by atoms with E-state index >= 15 is 0 Å². The molecule has 1 aliphatic carbocycles. The van der Waals surface area contributed by atoms with Crippen LogP contribution in [0.15, 0.2) is 0 Å². The van der Waals surface area contributed by atoms with E-state index in [-0.39, 0.29) is 11.8 Å². The smallest absolute Gasteiger partial charge is 0.212 e. The highest BCUT2D eigenvalue weighted by Crippen LogP contribution is 2.26. The van der Waals surface area contributed by atoms with Gasteiger partial charge >= 0.3 is 0 Å². The van der Waals surface area contributed by atoms with Gasteiger partial charge in [-0.3, -0.25) is 0 Å². The third-order valence-electron chi connectivity index (χ3n) is 2.51. The Hall–Kier alpha value is 0.200. The zero-order valence-corrected chi connectivity index (χ0v) is 9.44. The van der Waals surface area contributed by atoms with Crippen LogP contribution in [0, 0.1) is 0 Å². The third kappa shape index (κ3) is 2.58. The summed E-state index contributed by atoms with van der Waals surface area (Å²) in [4.78, 5) is 0.